The number of likely N-dealkylation sites (tertiary alicyclic amines) is 2. The molecule has 2 bridgehead atoms. The molecular formula is C26H32N2O4. The number of hydrogen-bond acceptors (Lipinski definition) is 4. The Morgan fingerprint density at radius 2 is 0.844 bits per heavy atom. The Balaban J connectivity index is 1.20. The summed E-state index contributed by atoms with van der Waals surface area (Å²) in [7, 11) is 0. The van der Waals surface area contributed by atoms with E-state index in [1.807, 2.05) is 0 Å². The fourth-order valence-electron chi connectivity index (χ4n) is 9.05. The lowest BCUT2D eigenvalue weighted by Gasteiger charge is -2.60. The van der Waals surface area contributed by atoms with Gasteiger partial charge in [-0.2, -0.15) is 0 Å². The molecule has 6 nitrogen and oxygen atoms in total. The highest BCUT2D eigenvalue weighted by Crippen LogP contribution is 2.68. The first-order valence-corrected chi connectivity index (χ1v) is 13.0. The molecule has 0 spiro atoms. The molecule has 1 unspecified atom stereocenters. The fraction of sp³-hybridized carbons (Fsp3) is 0.769. The molecule has 170 valence electrons. The van der Waals surface area contributed by atoms with Crippen LogP contribution in [0.3, 0.4) is 0 Å². The van der Waals surface area contributed by atoms with Crippen molar-refractivity contribution in [2.45, 2.75) is 76.3 Å². The molecule has 0 aromatic heterocycles. The molecule has 2 heterocycles. The minimum absolute atomic E-state index is 0.00839. The van der Waals surface area contributed by atoms with Crippen molar-refractivity contribution in [1.29, 1.82) is 0 Å². The van der Waals surface area contributed by atoms with Gasteiger partial charge in [0.15, 0.2) is 0 Å². The minimum Gasteiger partial charge on any atom is -0.279 e. The van der Waals surface area contributed by atoms with Gasteiger partial charge in [0.25, 0.3) is 0 Å². The van der Waals surface area contributed by atoms with Gasteiger partial charge in [0.1, 0.15) is 0 Å². The zero-order valence-corrected chi connectivity index (χ0v) is 18.5. The van der Waals surface area contributed by atoms with Crippen LogP contribution in [0.2, 0.25) is 0 Å². The smallest absolute Gasteiger partial charge is 0.233 e. The Bertz CT molecular complexity index is 874. The zero-order valence-electron chi connectivity index (χ0n) is 18.5. The summed E-state index contributed by atoms with van der Waals surface area (Å²) in [6, 6.07) is 0.113. The van der Waals surface area contributed by atoms with Crippen LogP contribution in [-0.4, -0.2) is 45.5 Å². The van der Waals surface area contributed by atoms with E-state index in [0.717, 1.165) is 51.4 Å². The lowest BCUT2D eigenvalue weighted by molar-refractivity contribution is -0.166. The molecule has 0 radical (unpaired) electrons. The third-order valence-corrected chi connectivity index (χ3v) is 10.3. The number of imide groups is 2. The number of rotatable bonds is 2. The summed E-state index contributed by atoms with van der Waals surface area (Å²) in [5, 5.41) is 0. The monoisotopic (exact) mass is 436 g/mol. The molecule has 8 atom stereocenters. The average molecular weight is 437 g/mol. The highest BCUT2D eigenvalue weighted by atomic mass is 16.2. The lowest BCUT2D eigenvalue weighted by atomic mass is 9.40. The van der Waals surface area contributed by atoms with E-state index in [1.54, 1.807) is 9.80 Å². The number of carbonyl (C=O) groups is 4. The predicted octanol–water partition coefficient (Wildman–Crippen LogP) is 2.92. The second-order valence-corrected chi connectivity index (χ2v) is 11.5. The first-order valence-electron chi connectivity index (χ1n) is 13.0. The molecule has 2 aliphatic heterocycles. The topological polar surface area (TPSA) is 74.8 Å². The van der Waals surface area contributed by atoms with E-state index < -0.39 is 0 Å². The molecular weight excluding hydrogens is 404 g/mol. The van der Waals surface area contributed by atoms with Crippen LogP contribution in [0.25, 0.3) is 0 Å². The van der Waals surface area contributed by atoms with Gasteiger partial charge in [0.2, 0.25) is 23.6 Å². The maximum Gasteiger partial charge on any atom is 0.233 e. The summed E-state index contributed by atoms with van der Waals surface area (Å²) in [6.45, 7) is 0. The Labute approximate surface area is 188 Å². The standard InChI is InChI=1S/C26H32N2O4/c29-23-19-15-11-12-16(20(19)24(30)27(23)13-7-3-1-4-8-13)18-17(15)21-22(18)26(32)28(25(21)31)14-9-5-2-6-10-14/h11-22H,1-10H2/t15-,16+,17-,18?,19+,20-,21+,22-/m0/s1. The molecule has 6 heteroatoms. The molecule has 0 aromatic carbocycles. The number of fused-ring (bicyclic) bond motifs is 1. The van der Waals surface area contributed by atoms with Crippen LogP contribution in [0, 0.1) is 47.3 Å². The third kappa shape index (κ3) is 2.27. The molecule has 4 saturated carbocycles. The van der Waals surface area contributed by atoms with Crippen molar-refractivity contribution in [3.05, 3.63) is 12.2 Å². The van der Waals surface area contributed by atoms with Gasteiger partial charge in [0.05, 0.1) is 23.7 Å². The van der Waals surface area contributed by atoms with Gasteiger partial charge in [-0.1, -0.05) is 50.7 Å². The largest absolute Gasteiger partial charge is 0.279 e. The van der Waals surface area contributed by atoms with E-state index in [1.165, 1.54) is 12.8 Å². The van der Waals surface area contributed by atoms with Crippen LogP contribution in [-0.2, 0) is 19.2 Å². The van der Waals surface area contributed by atoms with Gasteiger partial charge in [-0.15, -0.1) is 0 Å². The Morgan fingerprint density at radius 3 is 1.22 bits per heavy atom. The first kappa shape index (κ1) is 19.5. The zero-order chi connectivity index (χ0) is 21.7. The predicted molar refractivity (Wildman–Crippen MR) is 115 cm³/mol. The van der Waals surface area contributed by atoms with Gasteiger partial charge >= 0.3 is 0 Å². The minimum atomic E-state index is -0.312. The van der Waals surface area contributed by atoms with E-state index >= 15 is 0 Å². The van der Waals surface area contributed by atoms with E-state index in [0.29, 0.717) is 0 Å². The fourth-order valence-corrected chi connectivity index (χ4v) is 9.05. The van der Waals surface area contributed by atoms with Gasteiger partial charge in [0, 0.05) is 12.1 Å². The van der Waals surface area contributed by atoms with Crippen LogP contribution >= 0.6 is 0 Å². The summed E-state index contributed by atoms with van der Waals surface area (Å²) < 4.78 is 0. The van der Waals surface area contributed by atoms with Crippen LogP contribution in [0.5, 0.6) is 0 Å². The van der Waals surface area contributed by atoms with Crippen LogP contribution in [0.1, 0.15) is 64.2 Å². The lowest BCUT2D eigenvalue weighted by Crippen LogP contribution is -2.63. The van der Waals surface area contributed by atoms with Crippen molar-refractivity contribution in [2.24, 2.45) is 47.3 Å². The quantitative estimate of drug-likeness (QED) is 0.493. The molecule has 0 aromatic rings. The Hall–Kier alpha value is -1.98. The molecule has 8 aliphatic rings. The van der Waals surface area contributed by atoms with Crippen molar-refractivity contribution in [1.82, 2.24) is 9.80 Å². The summed E-state index contributed by atoms with van der Waals surface area (Å²) >= 11 is 0. The van der Waals surface area contributed by atoms with E-state index in [-0.39, 0.29) is 83.1 Å². The van der Waals surface area contributed by atoms with Crippen LogP contribution in [0.4, 0.5) is 0 Å². The number of allylic oxidation sites excluding steroid dienone is 2. The summed E-state index contributed by atoms with van der Waals surface area (Å²) in [5.74, 6) is -1.11. The van der Waals surface area contributed by atoms with Crippen molar-refractivity contribution in [2.75, 3.05) is 0 Å². The van der Waals surface area contributed by atoms with Crippen molar-refractivity contribution in [3.8, 4) is 0 Å². The van der Waals surface area contributed by atoms with Crippen molar-refractivity contribution in [3.63, 3.8) is 0 Å². The van der Waals surface area contributed by atoms with E-state index in [4.69, 9.17) is 0 Å². The Kier molecular flexibility index (Phi) is 4.12. The molecule has 0 N–H and O–H groups in total. The maximum atomic E-state index is 13.6. The summed E-state index contributed by atoms with van der Waals surface area (Å²) in [5.41, 5.74) is 0. The molecule has 2 saturated heterocycles. The highest BCUT2D eigenvalue weighted by molar-refractivity contribution is 6.09. The third-order valence-electron chi connectivity index (χ3n) is 10.3. The van der Waals surface area contributed by atoms with Gasteiger partial charge in [-0.25, -0.2) is 0 Å². The number of carbonyl (C=O) groups excluding carboxylic acids is 4. The van der Waals surface area contributed by atoms with E-state index in [9.17, 15) is 19.2 Å². The molecule has 8 rings (SSSR count). The van der Waals surface area contributed by atoms with Crippen LogP contribution in [0.15, 0.2) is 12.2 Å². The molecule has 6 aliphatic carbocycles. The van der Waals surface area contributed by atoms with E-state index in [2.05, 4.69) is 12.2 Å². The molecule has 32 heavy (non-hydrogen) atoms. The van der Waals surface area contributed by atoms with Crippen molar-refractivity contribution < 1.29 is 19.2 Å². The van der Waals surface area contributed by atoms with Gasteiger partial charge < -0.3 is 0 Å². The number of hydrogen-bond donors (Lipinski definition) is 0. The highest BCUT2D eigenvalue weighted by Gasteiger charge is 2.75. The number of nitrogens with zero attached hydrogens (tertiary/aromatic N) is 2. The van der Waals surface area contributed by atoms with Gasteiger partial charge in [-0.3, -0.25) is 29.0 Å². The summed E-state index contributed by atoms with van der Waals surface area (Å²) in [4.78, 5) is 57.4. The van der Waals surface area contributed by atoms with Gasteiger partial charge in [-0.05, 0) is 49.4 Å². The average Bonchev–Trinajstić information content (AvgIpc) is 3.19. The van der Waals surface area contributed by atoms with Crippen molar-refractivity contribution >= 4 is 23.6 Å². The SMILES string of the molecule is O=C1[C@@H]2[C@H]3C=C[C@H](C4[C@H]3[C@H]3C(=O)N(C5CCCCC5)C(=O)[C@@H]43)[C@@H]2C(=O)N1C1CCCCC1. The summed E-state index contributed by atoms with van der Waals surface area (Å²) in [6.07, 6.45) is 14.6. The number of amides is 4. The molecule has 6 fully saturated rings. The molecule has 4 amide bonds. The second kappa shape index (κ2) is 6.77. The second-order valence-electron chi connectivity index (χ2n) is 11.5. The first-order chi connectivity index (χ1) is 15.6. The normalized spacial score (nSPS) is 45.9. The maximum absolute atomic E-state index is 13.6. The van der Waals surface area contributed by atoms with Crippen LogP contribution < -0.4 is 0 Å². The Morgan fingerprint density at radius 1 is 0.500 bits per heavy atom.